The first-order chi connectivity index (χ1) is 19.0. The van der Waals surface area contributed by atoms with E-state index in [-0.39, 0.29) is 29.3 Å². The van der Waals surface area contributed by atoms with Gasteiger partial charge in [-0.15, -0.1) is 0 Å². The molecule has 0 aliphatic carbocycles. The molecule has 3 aromatic rings. The smallest absolute Gasteiger partial charge is 0.264 e. The van der Waals surface area contributed by atoms with Gasteiger partial charge in [0.2, 0.25) is 11.8 Å². The molecule has 40 heavy (non-hydrogen) atoms. The SMILES string of the molecule is CCC(C(=O)NC)N(Cc1ccc(F)cc1)C(=O)CN(c1ccc(C)cc1)S(=O)(=O)c1ccc(OC)c(OC)c1. The van der Waals surface area contributed by atoms with Gasteiger partial charge in [0.1, 0.15) is 18.4 Å². The zero-order valence-corrected chi connectivity index (χ0v) is 24.0. The molecule has 214 valence electrons. The van der Waals surface area contributed by atoms with E-state index < -0.39 is 40.2 Å². The standard InChI is InChI=1S/C29H34FN3O6S/c1-6-25(29(35)31-3)32(18-21-9-11-22(30)12-10-21)28(34)19-33(23-13-7-20(2)8-14-23)40(36,37)24-15-16-26(38-4)27(17-24)39-5/h7-17,25H,6,18-19H2,1-5H3,(H,31,35). The molecular weight excluding hydrogens is 537 g/mol. The second-order valence-corrected chi connectivity index (χ2v) is 10.9. The summed E-state index contributed by atoms with van der Waals surface area (Å²) < 4.78 is 53.1. The Labute approximate surface area is 234 Å². The minimum absolute atomic E-state index is 0.0246. The van der Waals surface area contributed by atoms with E-state index in [9.17, 15) is 22.4 Å². The largest absolute Gasteiger partial charge is 0.493 e. The number of likely N-dealkylation sites (N-methyl/N-ethyl adjacent to an activating group) is 1. The number of ether oxygens (including phenoxy) is 2. The predicted molar refractivity (Wildman–Crippen MR) is 150 cm³/mol. The number of methoxy groups -OCH3 is 2. The Morgan fingerprint density at radius 2 is 1.57 bits per heavy atom. The zero-order valence-electron chi connectivity index (χ0n) is 23.2. The lowest BCUT2D eigenvalue weighted by Crippen LogP contribution is -2.51. The Hall–Kier alpha value is -4.12. The van der Waals surface area contributed by atoms with E-state index in [2.05, 4.69) is 5.32 Å². The Balaban J connectivity index is 2.08. The minimum atomic E-state index is -4.29. The van der Waals surface area contributed by atoms with Crippen LogP contribution in [-0.2, 0) is 26.2 Å². The number of rotatable bonds is 12. The lowest BCUT2D eigenvalue weighted by molar-refractivity contribution is -0.140. The molecule has 1 atom stereocenters. The van der Waals surface area contributed by atoms with Crippen molar-refractivity contribution < 1.29 is 31.9 Å². The lowest BCUT2D eigenvalue weighted by Gasteiger charge is -2.33. The highest BCUT2D eigenvalue weighted by atomic mass is 32.2. The van der Waals surface area contributed by atoms with Gasteiger partial charge in [-0.2, -0.15) is 0 Å². The number of hydrogen-bond acceptors (Lipinski definition) is 6. The van der Waals surface area contributed by atoms with Gasteiger partial charge in [-0.25, -0.2) is 12.8 Å². The molecule has 0 radical (unpaired) electrons. The number of carbonyl (C=O) groups is 2. The molecule has 0 aliphatic heterocycles. The van der Waals surface area contributed by atoms with Crippen LogP contribution >= 0.6 is 0 Å². The first-order valence-electron chi connectivity index (χ1n) is 12.6. The molecule has 3 aromatic carbocycles. The maximum absolute atomic E-state index is 14.0. The summed E-state index contributed by atoms with van der Waals surface area (Å²) in [6.07, 6.45) is 0.277. The van der Waals surface area contributed by atoms with Crippen molar-refractivity contribution in [2.45, 2.75) is 37.8 Å². The van der Waals surface area contributed by atoms with Crippen molar-refractivity contribution in [2.24, 2.45) is 0 Å². The van der Waals surface area contributed by atoms with Crippen molar-refractivity contribution >= 4 is 27.5 Å². The van der Waals surface area contributed by atoms with E-state index >= 15 is 0 Å². The highest BCUT2D eigenvalue weighted by Crippen LogP contribution is 2.32. The highest BCUT2D eigenvalue weighted by molar-refractivity contribution is 7.92. The van der Waals surface area contributed by atoms with Gasteiger partial charge in [0, 0.05) is 19.7 Å². The van der Waals surface area contributed by atoms with Crippen molar-refractivity contribution in [1.82, 2.24) is 10.2 Å². The van der Waals surface area contributed by atoms with Crippen LogP contribution in [0.2, 0.25) is 0 Å². The lowest BCUT2D eigenvalue weighted by atomic mass is 10.1. The van der Waals surface area contributed by atoms with Gasteiger partial charge in [-0.1, -0.05) is 36.8 Å². The fraction of sp³-hybridized carbons (Fsp3) is 0.310. The highest BCUT2D eigenvalue weighted by Gasteiger charge is 2.33. The van der Waals surface area contributed by atoms with Gasteiger partial charge < -0.3 is 19.7 Å². The molecular formula is C29H34FN3O6S. The number of nitrogens with one attached hydrogen (secondary N) is 1. The van der Waals surface area contributed by atoms with Crippen molar-refractivity contribution in [3.63, 3.8) is 0 Å². The molecule has 0 bridgehead atoms. The van der Waals surface area contributed by atoms with Crippen LogP contribution in [0.1, 0.15) is 24.5 Å². The number of amides is 2. The Morgan fingerprint density at radius 3 is 2.12 bits per heavy atom. The summed E-state index contributed by atoms with van der Waals surface area (Å²) in [7, 11) is 0.00970. The van der Waals surface area contributed by atoms with Crippen LogP contribution in [0.4, 0.5) is 10.1 Å². The van der Waals surface area contributed by atoms with Crippen LogP contribution < -0.4 is 19.1 Å². The van der Waals surface area contributed by atoms with Gasteiger partial charge >= 0.3 is 0 Å². The monoisotopic (exact) mass is 571 g/mol. The molecule has 0 aromatic heterocycles. The number of anilines is 1. The third-order valence-electron chi connectivity index (χ3n) is 6.44. The molecule has 0 aliphatic rings. The van der Waals surface area contributed by atoms with Crippen LogP contribution in [0.3, 0.4) is 0 Å². The van der Waals surface area contributed by atoms with E-state index in [4.69, 9.17) is 9.47 Å². The molecule has 3 rings (SSSR count). The summed E-state index contributed by atoms with van der Waals surface area (Å²) in [4.78, 5) is 27.9. The second kappa shape index (κ2) is 13.3. The summed E-state index contributed by atoms with van der Waals surface area (Å²) in [6.45, 7) is 3.00. The molecule has 1 unspecified atom stereocenters. The average molecular weight is 572 g/mol. The predicted octanol–water partition coefficient (Wildman–Crippen LogP) is 3.90. The van der Waals surface area contributed by atoms with E-state index in [1.807, 2.05) is 6.92 Å². The first-order valence-corrected chi connectivity index (χ1v) is 14.1. The Kier molecular flexibility index (Phi) is 10.1. The number of benzene rings is 3. The van der Waals surface area contributed by atoms with Gasteiger partial charge in [0.25, 0.3) is 10.0 Å². The third-order valence-corrected chi connectivity index (χ3v) is 8.21. The molecule has 0 fully saturated rings. The fourth-order valence-electron chi connectivity index (χ4n) is 4.22. The first kappa shape index (κ1) is 30.4. The summed E-state index contributed by atoms with van der Waals surface area (Å²) in [5.41, 5.74) is 1.76. The molecule has 0 saturated carbocycles. The summed E-state index contributed by atoms with van der Waals surface area (Å²) in [5, 5.41) is 2.57. The van der Waals surface area contributed by atoms with Gasteiger partial charge in [0.15, 0.2) is 11.5 Å². The molecule has 9 nitrogen and oxygen atoms in total. The van der Waals surface area contributed by atoms with Crippen molar-refractivity contribution in [3.8, 4) is 11.5 Å². The number of carbonyl (C=O) groups excluding carboxylic acids is 2. The molecule has 2 amide bonds. The maximum Gasteiger partial charge on any atom is 0.264 e. The van der Waals surface area contributed by atoms with Gasteiger partial charge in [0.05, 0.1) is 24.8 Å². The summed E-state index contributed by atoms with van der Waals surface area (Å²) in [6, 6.07) is 15.6. The number of halogens is 1. The fourth-order valence-corrected chi connectivity index (χ4v) is 5.65. The molecule has 0 spiro atoms. The van der Waals surface area contributed by atoms with E-state index in [0.29, 0.717) is 11.3 Å². The van der Waals surface area contributed by atoms with Gasteiger partial charge in [-0.3, -0.25) is 13.9 Å². The van der Waals surface area contributed by atoms with Crippen LogP contribution in [0.5, 0.6) is 11.5 Å². The number of aryl methyl sites for hydroxylation is 1. The van der Waals surface area contributed by atoms with Crippen molar-refractivity contribution in [3.05, 3.63) is 83.7 Å². The van der Waals surface area contributed by atoms with Crippen LogP contribution in [0.25, 0.3) is 0 Å². The zero-order chi connectivity index (χ0) is 29.4. The Morgan fingerprint density at radius 1 is 0.950 bits per heavy atom. The van der Waals surface area contributed by atoms with Crippen molar-refractivity contribution in [2.75, 3.05) is 32.1 Å². The molecule has 0 saturated heterocycles. The summed E-state index contributed by atoms with van der Waals surface area (Å²) in [5.74, 6) is -0.887. The van der Waals surface area contributed by atoms with Crippen LogP contribution in [-0.4, -0.2) is 59.0 Å². The maximum atomic E-state index is 14.0. The normalized spacial score (nSPS) is 11.8. The number of sulfonamides is 1. The number of hydrogen-bond donors (Lipinski definition) is 1. The molecule has 1 N–H and O–H groups in total. The van der Waals surface area contributed by atoms with Crippen LogP contribution in [0, 0.1) is 12.7 Å². The van der Waals surface area contributed by atoms with E-state index in [1.165, 1.54) is 68.6 Å². The van der Waals surface area contributed by atoms with E-state index in [1.54, 1.807) is 31.2 Å². The molecule has 0 heterocycles. The summed E-state index contributed by atoms with van der Waals surface area (Å²) >= 11 is 0. The van der Waals surface area contributed by atoms with Crippen LogP contribution in [0.15, 0.2) is 71.6 Å². The Bertz CT molecular complexity index is 1430. The minimum Gasteiger partial charge on any atom is -0.493 e. The van der Waals surface area contributed by atoms with E-state index in [0.717, 1.165) is 9.87 Å². The number of nitrogens with zero attached hydrogens (tertiary/aromatic N) is 2. The topological polar surface area (TPSA) is 105 Å². The van der Waals surface area contributed by atoms with Crippen molar-refractivity contribution in [1.29, 1.82) is 0 Å². The average Bonchev–Trinajstić information content (AvgIpc) is 2.96. The third kappa shape index (κ3) is 6.90. The quantitative estimate of drug-likeness (QED) is 0.354. The van der Waals surface area contributed by atoms with Gasteiger partial charge in [-0.05, 0) is 55.3 Å². The second-order valence-electron chi connectivity index (χ2n) is 9.05. The molecule has 11 heteroatoms.